The van der Waals surface area contributed by atoms with Gasteiger partial charge in [-0.25, -0.2) is 14.5 Å². The zero-order valence-electron chi connectivity index (χ0n) is 15.7. The number of likely N-dealkylation sites (tertiary alicyclic amines) is 1. The third-order valence-corrected chi connectivity index (χ3v) is 4.26. The second kappa shape index (κ2) is 8.06. The first-order chi connectivity index (χ1) is 12.6. The topological polar surface area (TPSA) is 113 Å². The first-order valence-electron chi connectivity index (χ1n) is 8.62. The molecular formula is C19H25NO7. The molecule has 0 aliphatic carbocycles. The van der Waals surface area contributed by atoms with Gasteiger partial charge in [-0.1, -0.05) is 30.3 Å². The molecule has 2 N–H and O–H groups in total. The van der Waals surface area contributed by atoms with E-state index in [-0.39, 0.29) is 13.0 Å². The van der Waals surface area contributed by atoms with Gasteiger partial charge in [0.1, 0.15) is 18.2 Å². The smallest absolute Gasteiger partial charge is 0.417 e. The lowest BCUT2D eigenvalue weighted by Gasteiger charge is -2.27. The standard InChI is InChI=1S/C19H25NO7/c1-18(2,3)27-17(25)20-14(9-19(11-21,12-22)16(20)24)15(23)26-10-13-7-5-4-6-8-13/h4-8,14,21-22H,9-12H2,1-3H3/t14-/m0/s1. The molecule has 2 rings (SSSR count). The van der Waals surface area contributed by atoms with E-state index in [0.717, 1.165) is 5.56 Å². The Bertz CT molecular complexity index is 692. The third kappa shape index (κ3) is 4.64. The molecule has 27 heavy (non-hydrogen) atoms. The summed E-state index contributed by atoms with van der Waals surface area (Å²) in [5, 5.41) is 19.2. The number of rotatable bonds is 5. The number of carbonyl (C=O) groups is 3. The van der Waals surface area contributed by atoms with E-state index in [1.54, 1.807) is 45.0 Å². The molecule has 1 aromatic carbocycles. The average Bonchev–Trinajstić information content (AvgIpc) is 2.92. The molecule has 1 aliphatic heterocycles. The molecule has 2 amide bonds. The molecule has 1 fully saturated rings. The van der Waals surface area contributed by atoms with Gasteiger partial charge in [0.25, 0.3) is 0 Å². The maximum absolute atomic E-state index is 12.7. The van der Waals surface area contributed by atoms with Gasteiger partial charge in [-0.2, -0.15) is 0 Å². The first kappa shape index (κ1) is 20.9. The number of hydrogen-bond donors (Lipinski definition) is 2. The summed E-state index contributed by atoms with van der Waals surface area (Å²) < 4.78 is 10.5. The first-order valence-corrected chi connectivity index (χ1v) is 8.62. The fraction of sp³-hybridized carbons (Fsp3) is 0.526. The summed E-state index contributed by atoms with van der Waals surface area (Å²) in [6, 6.07) is 7.66. The van der Waals surface area contributed by atoms with E-state index >= 15 is 0 Å². The van der Waals surface area contributed by atoms with E-state index in [4.69, 9.17) is 9.47 Å². The maximum atomic E-state index is 12.7. The number of aliphatic hydroxyl groups excluding tert-OH is 2. The molecule has 1 heterocycles. The van der Waals surface area contributed by atoms with Crippen molar-refractivity contribution < 1.29 is 34.1 Å². The van der Waals surface area contributed by atoms with Crippen LogP contribution in [0, 0.1) is 5.41 Å². The highest BCUT2D eigenvalue weighted by Gasteiger charge is 2.57. The number of hydrogen-bond acceptors (Lipinski definition) is 7. The van der Waals surface area contributed by atoms with Crippen LogP contribution in [0.5, 0.6) is 0 Å². The van der Waals surface area contributed by atoms with Crippen molar-refractivity contribution in [3.63, 3.8) is 0 Å². The van der Waals surface area contributed by atoms with Gasteiger partial charge >= 0.3 is 12.1 Å². The summed E-state index contributed by atoms with van der Waals surface area (Å²) in [7, 11) is 0. The van der Waals surface area contributed by atoms with Gasteiger partial charge in [0, 0.05) is 0 Å². The predicted molar refractivity (Wildman–Crippen MR) is 94.3 cm³/mol. The van der Waals surface area contributed by atoms with Gasteiger partial charge in [-0.3, -0.25) is 4.79 Å². The molecule has 0 spiro atoms. The minimum Gasteiger partial charge on any atom is -0.459 e. The quantitative estimate of drug-likeness (QED) is 0.740. The molecule has 8 heteroatoms. The summed E-state index contributed by atoms with van der Waals surface area (Å²) in [6.07, 6.45) is -1.26. The summed E-state index contributed by atoms with van der Waals surface area (Å²) in [6.45, 7) is 3.44. The number of imide groups is 1. The second-order valence-corrected chi connectivity index (χ2v) is 7.57. The van der Waals surface area contributed by atoms with Crippen molar-refractivity contribution in [1.29, 1.82) is 0 Å². The second-order valence-electron chi connectivity index (χ2n) is 7.57. The van der Waals surface area contributed by atoms with Crippen molar-refractivity contribution in [2.24, 2.45) is 5.41 Å². The highest BCUT2D eigenvalue weighted by atomic mass is 16.6. The molecule has 0 radical (unpaired) electrons. The van der Waals surface area contributed by atoms with Crippen molar-refractivity contribution in [3.05, 3.63) is 35.9 Å². The Morgan fingerprint density at radius 3 is 2.30 bits per heavy atom. The van der Waals surface area contributed by atoms with E-state index in [1.165, 1.54) is 0 Å². The molecule has 0 aromatic heterocycles. The van der Waals surface area contributed by atoms with Crippen LogP contribution in [0.25, 0.3) is 0 Å². The fourth-order valence-corrected chi connectivity index (χ4v) is 2.80. The molecule has 1 saturated heterocycles. The SMILES string of the molecule is CC(C)(C)OC(=O)N1C(=O)C(CO)(CO)C[C@H]1C(=O)OCc1ccccc1. The predicted octanol–water partition coefficient (Wildman–Crippen LogP) is 1.24. The van der Waals surface area contributed by atoms with E-state index in [9.17, 15) is 24.6 Å². The lowest BCUT2D eigenvalue weighted by Crippen LogP contribution is -2.48. The maximum Gasteiger partial charge on any atom is 0.417 e. The Hall–Kier alpha value is -2.45. The van der Waals surface area contributed by atoms with Gasteiger partial charge in [0.2, 0.25) is 5.91 Å². The Balaban J connectivity index is 2.22. The molecule has 0 saturated carbocycles. The van der Waals surface area contributed by atoms with Crippen LogP contribution in [0.1, 0.15) is 32.8 Å². The molecule has 1 atom stereocenters. The van der Waals surface area contributed by atoms with Gasteiger partial charge in [-0.05, 0) is 32.8 Å². The van der Waals surface area contributed by atoms with Gasteiger partial charge < -0.3 is 19.7 Å². The summed E-state index contributed by atoms with van der Waals surface area (Å²) in [5.74, 6) is -1.66. The van der Waals surface area contributed by atoms with Crippen molar-refractivity contribution >= 4 is 18.0 Å². The number of benzene rings is 1. The van der Waals surface area contributed by atoms with Crippen molar-refractivity contribution in [2.45, 2.75) is 45.4 Å². The highest BCUT2D eigenvalue weighted by molar-refractivity contribution is 6.02. The van der Waals surface area contributed by atoms with E-state index in [0.29, 0.717) is 4.90 Å². The van der Waals surface area contributed by atoms with Gasteiger partial charge in [-0.15, -0.1) is 0 Å². The van der Waals surface area contributed by atoms with E-state index < -0.39 is 48.2 Å². The van der Waals surface area contributed by atoms with Gasteiger partial charge in [0.15, 0.2) is 0 Å². The Labute approximate surface area is 157 Å². The van der Waals surface area contributed by atoms with Crippen LogP contribution in [0.3, 0.4) is 0 Å². The van der Waals surface area contributed by atoms with Crippen LogP contribution in [0.2, 0.25) is 0 Å². The van der Waals surface area contributed by atoms with Crippen LogP contribution >= 0.6 is 0 Å². The average molecular weight is 379 g/mol. The monoisotopic (exact) mass is 379 g/mol. The molecule has 8 nitrogen and oxygen atoms in total. The number of nitrogens with zero attached hydrogens (tertiary/aromatic N) is 1. The Morgan fingerprint density at radius 2 is 1.78 bits per heavy atom. The summed E-state index contributed by atoms with van der Waals surface area (Å²) >= 11 is 0. The van der Waals surface area contributed by atoms with Crippen LogP contribution in [-0.4, -0.2) is 57.9 Å². The largest absolute Gasteiger partial charge is 0.459 e. The highest BCUT2D eigenvalue weighted by Crippen LogP contribution is 2.37. The minimum absolute atomic E-state index is 0.0300. The summed E-state index contributed by atoms with van der Waals surface area (Å²) in [5.41, 5.74) is -1.78. The Kier molecular flexibility index (Phi) is 6.22. The van der Waals surface area contributed by atoms with Crippen LogP contribution in [-0.2, 0) is 25.7 Å². The molecule has 148 valence electrons. The number of amides is 2. The third-order valence-electron chi connectivity index (χ3n) is 4.26. The molecule has 0 bridgehead atoms. The van der Waals surface area contributed by atoms with Crippen LogP contribution < -0.4 is 0 Å². The van der Waals surface area contributed by atoms with E-state index in [1.807, 2.05) is 6.07 Å². The number of ether oxygens (including phenoxy) is 2. The van der Waals surface area contributed by atoms with Crippen LogP contribution in [0.4, 0.5) is 4.79 Å². The molecule has 1 aromatic rings. The van der Waals surface area contributed by atoms with Crippen LogP contribution in [0.15, 0.2) is 30.3 Å². The van der Waals surface area contributed by atoms with Gasteiger partial charge in [0.05, 0.1) is 18.6 Å². The number of carbonyl (C=O) groups excluding carboxylic acids is 3. The zero-order valence-corrected chi connectivity index (χ0v) is 15.7. The Morgan fingerprint density at radius 1 is 1.19 bits per heavy atom. The molecular weight excluding hydrogens is 354 g/mol. The van der Waals surface area contributed by atoms with Crippen molar-refractivity contribution in [2.75, 3.05) is 13.2 Å². The minimum atomic E-state index is -1.63. The van der Waals surface area contributed by atoms with Crippen molar-refractivity contribution in [3.8, 4) is 0 Å². The van der Waals surface area contributed by atoms with E-state index in [2.05, 4.69) is 0 Å². The molecule has 0 unspecified atom stereocenters. The summed E-state index contributed by atoms with van der Waals surface area (Å²) in [4.78, 5) is 38.4. The number of esters is 1. The molecule has 1 aliphatic rings. The fourth-order valence-electron chi connectivity index (χ4n) is 2.80. The lowest BCUT2D eigenvalue weighted by molar-refractivity contribution is -0.153. The zero-order chi connectivity index (χ0) is 20.2. The lowest BCUT2D eigenvalue weighted by atomic mass is 9.86. The normalized spacial score (nSPS) is 19.1. The van der Waals surface area contributed by atoms with Crippen molar-refractivity contribution in [1.82, 2.24) is 4.90 Å². The number of aliphatic hydroxyl groups is 2.